The molecule has 520 valence electrons. The van der Waals surface area contributed by atoms with E-state index < -0.39 is 6.10 Å². The van der Waals surface area contributed by atoms with E-state index in [-0.39, 0.29) is 25.2 Å². The first kappa shape index (κ1) is 86.1. The maximum atomic E-state index is 12.4. The molecule has 1 atom stereocenters. The van der Waals surface area contributed by atoms with Gasteiger partial charge < -0.3 is 14.6 Å². The minimum absolute atomic E-state index is 0.0578. The normalized spacial score (nSPS) is 12.3. The number of aliphatic hydroxyl groups is 1. The van der Waals surface area contributed by atoms with Crippen molar-refractivity contribution in [3.8, 4) is 0 Å². The fourth-order valence-electron chi connectivity index (χ4n) is 12.8. The Labute approximate surface area is 552 Å². The first-order valence-corrected chi connectivity index (χ1v) is 40.5. The van der Waals surface area contributed by atoms with Gasteiger partial charge in [-0.25, -0.2) is 0 Å². The lowest BCUT2D eigenvalue weighted by Crippen LogP contribution is -2.28. The molecule has 0 aliphatic rings. The molecule has 1 N–H and O–H groups in total. The van der Waals surface area contributed by atoms with Crippen LogP contribution in [0.3, 0.4) is 0 Å². The minimum atomic E-state index is -0.769. The maximum Gasteiger partial charge on any atom is 0.306 e. The average Bonchev–Trinajstić information content (AvgIpc) is 3.55. The molecule has 0 aliphatic carbocycles. The molecule has 0 rings (SSSR count). The largest absolute Gasteiger partial charge is 0.462 e. The third-order valence-electron chi connectivity index (χ3n) is 18.9. The van der Waals surface area contributed by atoms with Crippen LogP contribution in [-0.2, 0) is 19.1 Å². The molecule has 0 aromatic rings. The second-order valence-corrected chi connectivity index (χ2v) is 27.8. The van der Waals surface area contributed by atoms with Gasteiger partial charge in [0.1, 0.15) is 6.61 Å². The average molecular weight is 1240 g/mol. The Kier molecular flexibility index (Phi) is 77.7. The number of rotatable bonds is 77. The van der Waals surface area contributed by atoms with Gasteiger partial charge in [0.2, 0.25) is 0 Å². The quantitative estimate of drug-likeness (QED) is 0.0373. The lowest BCUT2D eigenvalue weighted by molar-refractivity contribution is -0.161. The van der Waals surface area contributed by atoms with E-state index >= 15 is 0 Å². The van der Waals surface area contributed by atoms with Crippen LogP contribution in [0.1, 0.15) is 463 Å². The number of ether oxygens (including phenoxy) is 2. The van der Waals surface area contributed by atoms with Crippen LogP contribution in [0.4, 0.5) is 0 Å². The van der Waals surface area contributed by atoms with Crippen molar-refractivity contribution < 1.29 is 24.2 Å². The number of aliphatic hydroxyl groups excluding tert-OH is 1. The van der Waals surface area contributed by atoms with E-state index in [0.29, 0.717) is 12.8 Å². The first-order chi connectivity index (χ1) is 43.6. The maximum absolute atomic E-state index is 12.4. The van der Waals surface area contributed by atoms with Gasteiger partial charge in [0.15, 0.2) is 6.10 Å². The Bertz CT molecular complexity index is 1400. The smallest absolute Gasteiger partial charge is 0.306 e. The molecule has 0 amide bonds. The molecule has 88 heavy (non-hydrogen) atoms. The summed E-state index contributed by atoms with van der Waals surface area (Å²) in [6, 6.07) is 0. The molecule has 0 spiro atoms. The van der Waals surface area contributed by atoms with E-state index in [0.717, 1.165) is 38.5 Å². The highest BCUT2D eigenvalue weighted by Crippen LogP contribution is 2.20. The van der Waals surface area contributed by atoms with E-state index in [2.05, 4.69) is 50.3 Å². The predicted octanol–water partition coefficient (Wildman–Crippen LogP) is 28.4. The van der Waals surface area contributed by atoms with E-state index in [1.54, 1.807) is 0 Å². The lowest BCUT2D eigenvalue weighted by Gasteiger charge is -2.15. The van der Waals surface area contributed by atoms with Gasteiger partial charge >= 0.3 is 11.9 Å². The van der Waals surface area contributed by atoms with Crippen molar-refractivity contribution in [2.24, 2.45) is 0 Å². The van der Waals surface area contributed by atoms with E-state index in [1.165, 1.54) is 398 Å². The van der Waals surface area contributed by atoms with Gasteiger partial charge in [-0.3, -0.25) is 9.59 Å². The molecule has 0 heterocycles. The number of carbonyl (C=O) groups is 2. The van der Waals surface area contributed by atoms with Gasteiger partial charge in [-0.15, -0.1) is 0 Å². The van der Waals surface area contributed by atoms with Crippen LogP contribution in [0.2, 0.25) is 0 Å². The Hall–Kier alpha value is -1.88. The number of hydrogen-bond donors (Lipinski definition) is 1. The molecule has 5 nitrogen and oxygen atoms in total. The highest BCUT2D eigenvalue weighted by molar-refractivity contribution is 5.70. The van der Waals surface area contributed by atoms with Crippen LogP contribution in [0, 0.1) is 0 Å². The summed E-state index contributed by atoms with van der Waals surface area (Å²) in [5.74, 6) is -0.560. The Morgan fingerprint density at radius 1 is 0.261 bits per heavy atom. The van der Waals surface area contributed by atoms with Gasteiger partial charge in [0.05, 0.1) is 6.61 Å². The van der Waals surface area contributed by atoms with E-state index in [4.69, 9.17) is 9.47 Å². The summed E-state index contributed by atoms with van der Waals surface area (Å²) in [6.45, 7) is 4.20. The van der Waals surface area contributed by atoms with Gasteiger partial charge in [0, 0.05) is 12.8 Å². The van der Waals surface area contributed by atoms with Gasteiger partial charge in [-0.05, 0) is 70.6 Å². The highest BCUT2D eigenvalue weighted by Gasteiger charge is 2.16. The van der Waals surface area contributed by atoms with Crippen LogP contribution < -0.4 is 0 Å². The highest BCUT2D eigenvalue weighted by atomic mass is 16.6. The minimum Gasteiger partial charge on any atom is -0.462 e. The second-order valence-electron chi connectivity index (χ2n) is 27.8. The van der Waals surface area contributed by atoms with Gasteiger partial charge in [0.25, 0.3) is 0 Å². The molecule has 0 aromatic heterocycles. The summed E-state index contributed by atoms with van der Waals surface area (Å²) < 4.78 is 10.8. The van der Waals surface area contributed by atoms with Crippen molar-refractivity contribution in [1.82, 2.24) is 0 Å². The monoisotopic (exact) mass is 1240 g/mol. The predicted molar refractivity (Wildman–Crippen MR) is 390 cm³/mol. The topological polar surface area (TPSA) is 72.8 Å². The molecule has 5 heteroatoms. The van der Waals surface area contributed by atoms with Crippen molar-refractivity contribution in [3.05, 3.63) is 36.5 Å². The molecule has 0 bridgehead atoms. The molecule has 0 fully saturated rings. The van der Waals surface area contributed by atoms with Crippen molar-refractivity contribution >= 4 is 11.9 Å². The number of esters is 2. The third-order valence-corrected chi connectivity index (χ3v) is 18.9. The van der Waals surface area contributed by atoms with Crippen molar-refractivity contribution in [2.45, 2.75) is 469 Å². The summed E-state index contributed by atoms with van der Waals surface area (Å²) in [7, 11) is 0. The van der Waals surface area contributed by atoms with Crippen LogP contribution >= 0.6 is 0 Å². The third kappa shape index (κ3) is 76.6. The second kappa shape index (κ2) is 79.4. The summed E-state index contributed by atoms with van der Waals surface area (Å²) in [4.78, 5) is 24.7. The number of unbranched alkanes of at least 4 members (excludes halogenated alkanes) is 63. The fraction of sp³-hybridized carbons (Fsp3) is 0.904. The molecule has 0 saturated heterocycles. The van der Waals surface area contributed by atoms with E-state index in [9.17, 15) is 14.7 Å². The summed E-state index contributed by atoms with van der Waals surface area (Å²) in [6.07, 6.45) is 107. The Morgan fingerprint density at radius 2 is 0.455 bits per heavy atom. The number of allylic oxidation sites excluding steroid dienone is 6. The van der Waals surface area contributed by atoms with Crippen LogP contribution in [0.25, 0.3) is 0 Å². The summed E-state index contributed by atoms with van der Waals surface area (Å²) >= 11 is 0. The molecule has 0 aliphatic heterocycles. The Balaban J connectivity index is 3.35. The molecule has 1 unspecified atom stereocenters. The SMILES string of the molecule is CCCCCCC/C=C\C/C=C\CCCCCCCCCCCCCCCCCCCCCCCCCCCC(=O)OC(CO)COC(=O)CCCCCCCCCCCCCCCCCCCCCCCCCCC/C=C\CCCCCCCCCC. The number of carbonyl (C=O) groups excluding carboxylic acids is 2. The van der Waals surface area contributed by atoms with Crippen LogP contribution in [0.15, 0.2) is 36.5 Å². The van der Waals surface area contributed by atoms with Gasteiger partial charge in [-0.1, -0.05) is 416 Å². The molecule has 0 saturated carbocycles. The molecular formula is C83H158O5. The molecule has 0 radical (unpaired) electrons. The van der Waals surface area contributed by atoms with Crippen LogP contribution in [0.5, 0.6) is 0 Å². The summed E-state index contributed by atoms with van der Waals surface area (Å²) in [5.41, 5.74) is 0. The molecular weight excluding hydrogens is 1080 g/mol. The van der Waals surface area contributed by atoms with Crippen molar-refractivity contribution in [3.63, 3.8) is 0 Å². The van der Waals surface area contributed by atoms with Crippen molar-refractivity contribution in [1.29, 1.82) is 0 Å². The molecule has 0 aromatic carbocycles. The lowest BCUT2D eigenvalue weighted by atomic mass is 10.0. The van der Waals surface area contributed by atoms with E-state index in [1.807, 2.05) is 0 Å². The first-order valence-electron chi connectivity index (χ1n) is 40.5. The number of hydrogen-bond acceptors (Lipinski definition) is 5. The zero-order valence-electron chi connectivity index (χ0n) is 60.0. The zero-order valence-corrected chi connectivity index (χ0v) is 60.0. The zero-order chi connectivity index (χ0) is 63.3. The Morgan fingerprint density at radius 3 is 0.682 bits per heavy atom. The fourth-order valence-corrected chi connectivity index (χ4v) is 12.8. The van der Waals surface area contributed by atoms with Gasteiger partial charge in [-0.2, -0.15) is 0 Å². The van der Waals surface area contributed by atoms with Crippen molar-refractivity contribution in [2.75, 3.05) is 13.2 Å². The standard InChI is InChI=1S/C83H158O5/c1-3-5-7-9-11-13-15-17-19-21-23-25-27-29-31-33-35-37-39-41-43-45-47-49-51-53-55-57-59-61-63-65-67-69-71-73-75-77-82(85)87-80-81(79-84)88-83(86)78-76-74-72-70-68-66-64-62-60-58-56-54-52-50-48-46-44-42-40-38-36-34-32-30-28-26-24-22-20-18-16-14-12-10-8-6-4-2/h16,18,21-24,81,84H,3-15,17,19-20,25-80H2,1-2H3/b18-16-,23-21-,24-22-. The summed E-state index contributed by atoms with van der Waals surface area (Å²) in [5, 5.41) is 9.73. The van der Waals surface area contributed by atoms with Crippen LogP contribution in [-0.4, -0.2) is 36.4 Å².